The van der Waals surface area contributed by atoms with Crippen molar-refractivity contribution in [2.24, 2.45) is 11.3 Å². The van der Waals surface area contributed by atoms with Gasteiger partial charge in [0.05, 0.1) is 5.56 Å². The summed E-state index contributed by atoms with van der Waals surface area (Å²) in [6.07, 6.45) is 4.30. The maximum atomic E-state index is 12.7. The summed E-state index contributed by atoms with van der Waals surface area (Å²) in [5.74, 6) is -0.790. The molecule has 0 saturated heterocycles. The lowest BCUT2D eigenvalue weighted by Gasteiger charge is -2.39. The van der Waals surface area contributed by atoms with Crippen molar-refractivity contribution in [1.82, 2.24) is 0 Å². The molecule has 1 atom stereocenters. The average molecular weight is 289 g/mol. The van der Waals surface area contributed by atoms with Crippen LogP contribution in [0.5, 0.6) is 0 Å². The Bertz CT molecular complexity index is 533. The summed E-state index contributed by atoms with van der Waals surface area (Å²) >= 11 is 0. The summed E-state index contributed by atoms with van der Waals surface area (Å²) in [7, 11) is 1.77. The molecule has 0 heterocycles. The number of carboxylic acid groups (broad SMARTS) is 1. The number of hydrogen-bond acceptors (Lipinski definition) is 2. The summed E-state index contributed by atoms with van der Waals surface area (Å²) in [5.41, 5.74) is 1.01. The van der Waals surface area contributed by atoms with Crippen molar-refractivity contribution in [3.63, 3.8) is 0 Å². The third-order valence-corrected chi connectivity index (χ3v) is 4.64. The smallest absolute Gasteiger partial charge is 0.335 e. The van der Waals surface area contributed by atoms with Crippen LogP contribution in [0.25, 0.3) is 0 Å². The van der Waals surface area contributed by atoms with Crippen LogP contribution in [0, 0.1) is 11.3 Å². The fourth-order valence-corrected chi connectivity index (χ4v) is 3.14. The van der Waals surface area contributed by atoms with Crippen molar-refractivity contribution in [3.05, 3.63) is 29.8 Å². The average Bonchev–Trinajstić information content (AvgIpc) is 2.45. The molecule has 1 aromatic rings. The summed E-state index contributed by atoms with van der Waals surface area (Å²) in [4.78, 5) is 25.3. The van der Waals surface area contributed by atoms with Gasteiger partial charge in [0.2, 0.25) is 5.91 Å². The van der Waals surface area contributed by atoms with Crippen molar-refractivity contribution in [1.29, 1.82) is 0 Å². The summed E-state index contributed by atoms with van der Waals surface area (Å²) in [6.45, 7) is 4.33. The summed E-state index contributed by atoms with van der Waals surface area (Å²) in [6, 6.07) is 6.45. The second-order valence-electron chi connectivity index (χ2n) is 6.54. The Kier molecular flexibility index (Phi) is 4.35. The molecule has 1 aliphatic carbocycles. The second kappa shape index (κ2) is 5.88. The Balaban J connectivity index is 2.16. The molecule has 2 rings (SSSR count). The molecule has 1 amide bonds. The van der Waals surface area contributed by atoms with E-state index in [2.05, 4.69) is 13.8 Å². The first kappa shape index (κ1) is 15.5. The van der Waals surface area contributed by atoms with E-state index in [1.54, 1.807) is 24.1 Å². The van der Waals surface area contributed by atoms with Crippen LogP contribution in [0.3, 0.4) is 0 Å². The van der Waals surface area contributed by atoms with Gasteiger partial charge in [0.1, 0.15) is 0 Å². The van der Waals surface area contributed by atoms with E-state index in [1.807, 2.05) is 0 Å². The van der Waals surface area contributed by atoms with Gasteiger partial charge in [0, 0.05) is 18.7 Å². The molecule has 114 valence electrons. The molecule has 4 heteroatoms. The Morgan fingerprint density at radius 3 is 2.33 bits per heavy atom. The number of anilines is 1. The van der Waals surface area contributed by atoms with Gasteiger partial charge < -0.3 is 10.0 Å². The molecule has 1 fully saturated rings. The fraction of sp³-hybridized carbons (Fsp3) is 0.529. The van der Waals surface area contributed by atoms with Gasteiger partial charge in [-0.3, -0.25) is 4.79 Å². The van der Waals surface area contributed by atoms with Crippen molar-refractivity contribution in [2.45, 2.75) is 39.5 Å². The zero-order chi connectivity index (χ0) is 15.6. The molecule has 21 heavy (non-hydrogen) atoms. The van der Waals surface area contributed by atoms with Crippen molar-refractivity contribution < 1.29 is 14.7 Å². The molecular formula is C17H23NO3. The second-order valence-corrected chi connectivity index (χ2v) is 6.54. The molecular weight excluding hydrogens is 266 g/mol. The molecule has 0 aliphatic heterocycles. The van der Waals surface area contributed by atoms with E-state index in [0.717, 1.165) is 24.9 Å². The minimum absolute atomic E-state index is 0.0323. The highest BCUT2D eigenvalue weighted by molar-refractivity contribution is 5.95. The van der Waals surface area contributed by atoms with Gasteiger partial charge in [-0.15, -0.1) is 0 Å². The number of carbonyl (C=O) groups is 2. The van der Waals surface area contributed by atoms with Gasteiger partial charge in [-0.1, -0.05) is 26.7 Å². The normalized spacial score (nSPS) is 20.8. The predicted octanol–water partition coefficient (Wildman–Crippen LogP) is 3.56. The van der Waals surface area contributed by atoms with Crippen LogP contribution >= 0.6 is 0 Å². The Hall–Kier alpha value is -1.84. The number of hydrogen-bond donors (Lipinski definition) is 1. The van der Waals surface area contributed by atoms with Crippen molar-refractivity contribution in [3.8, 4) is 0 Å². The Morgan fingerprint density at radius 2 is 1.81 bits per heavy atom. The first-order valence-corrected chi connectivity index (χ1v) is 7.44. The zero-order valence-electron chi connectivity index (χ0n) is 12.9. The summed E-state index contributed by atoms with van der Waals surface area (Å²) < 4.78 is 0. The minimum Gasteiger partial charge on any atom is -0.478 e. The highest BCUT2D eigenvalue weighted by atomic mass is 16.4. The van der Waals surface area contributed by atoms with Gasteiger partial charge in [-0.25, -0.2) is 4.79 Å². The van der Waals surface area contributed by atoms with Crippen molar-refractivity contribution >= 4 is 17.6 Å². The zero-order valence-corrected chi connectivity index (χ0v) is 12.9. The molecule has 0 spiro atoms. The minimum atomic E-state index is -0.955. The van der Waals surface area contributed by atoms with Crippen LogP contribution < -0.4 is 4.90 Å². The van der Waals surface area contributed by atoms with Crippen LogP contribution in [0.4, 0.5) is 5.69 Å². The van der Waals surface area contributed by atoms with Gasteiger partial charge >= 0.3 is 5.97 Å². The number of rotatable bonds is 3. The van der Waals surface area contributed by atoms with E-state index in [1.165, 1.54) is 18.6 Å². The van der Waals surface area contributed by atoms with Gasteiger partial charge in [0.25, 0.3) is 0 Å². The number of nitrogens with zero attached hydrogens (tertiary/aromatic N) is 1. The molecule has 1 N–H and O–H groups in total. The maximum absolute atomic E-state index is 12.7. The maximum Gasteiger partial charge on any atom is 0.335 e. The highest BCUT2D eigenvalue weighted by Crippen LogP contribution is 2.41. The molecule has 1 saturated carbocycles. The van der Waals surface area contributed by atoms with Gasteiger partial charge in [-0.05, 0) is 42.5 Å². The number of carboxylic acids is 1. The van der Waals surface area contributed by atoms with Crippen LogP contribution in [-0.4, -0.2) is 24.0 Å². The van der Waals surface area contributed by atoms with E-state index in [4.69, 9.17) is 5.11 Å². The quantitative estimate of drug-likeness (QED) is 0.925. The Labute approximate surface area is 125 Å². The first-order chi connectivity index (χ1) is 9.83. The molecule has 1 unspecified atom stereocenters. The first-order valence-electron chi connectivity index (χ1n) is 7.44. The molecule has 1 aliphatic rings. The van der Waals surface area contributed by atoms with E-state index in [0.29, 0.717) is 0 Å². The number of amides is 1. The topological polar surface area (TPSA) is 57.6 Å². The highest BCUT2D eigenvalue weighted by Gasteiger charge is 2.38. The lowest BCUT2D eigenvalue weighted by atomic mass is 9.68. The van der Waals surface area contributed by atoms with E-state index < -0.39 is 5.97 Å². The van der Waals surface area contributed by atoms with E-state index in [-0.39, 0.29) is 22.8 Å². The SMILES string of the molecule is CN(C(=O)C1CCCCC1(C)C)c1ccc(C(=O)O)cc1. The monoisotopic (exact) mass is 289 g/mol. The largest absolute Gasteiger partial charge is 0.478 e. The van der Waals surface area contributed by atoms with Crippen LogP contribution in [0.15, 0.2) is 24.3 Å². The van der Waals surface area contributed by atoms with Gasteiger partial charge in [0.15, 0.2) is 0 Å². The third-order valence-electron chi connectivity index (χ3n) is 4.64. The summed E-state index contributed by atoms with van der Waals surface area (Å²) in [5, 5.41) is 8.92. The van der Waals surface area contributed by atoms with Crippen LogP contribution in [0.2, 0.25) is 0 Å². The number of carbonyl (C=O) groups excluding carboxylic acids is 1. The van der Waals surface area contributed by atoms with Gasteiger partial charge in [-0.2, -0.15) is 0 Å². The lowest BCUT2D eigenvalue weighted by Crippen LogP contribution is -2.42. The fourth-order valence-electron chi connectivity index (χ4n) is 3.14. The standard InChI is InChI=1S/C17H23NO3/c1-17(2)11-5-4-6-14(17)15(19)18(3)13-9-7-12(8-10-13)16(20)21/h7-10,14H,4-6,11H2,1-3H3,(H,20,21). The number of aromatic carboxylic acids is 1. The third kappa shape index (κ3) is 3.26. The molecule has 0 aromatic heterocycles. The van der Waals surface area contributed by atoms with Crippen LogP contribution in [-0.2, 0) is 4.79 Å². The molecule has 4 nitrogen and oxygen atoms in total. The van der Waals surface area contributed by atoms with E-state index >= 15 is 0 Å². The van der Waals surface area contributed by atoms with Crippen molar-refractivity contribution in [2.75, 3.05) is 11.9 Å². The molecule has 0 radical (unpaired) electrons. The lowest BCUT2D eigenvalue weighted by molar-refractivity contribution is -0.127. The van der Waals surface area contributed by atoms with Crippen LogP contribution in [0.1, 0.15) is 49.9 Å². The predicted molar refractivity (Wildman–Crippen MR) is 82.6 cm³/mol. The van der Waals surface area contributed by atoms with E-state index in [9.17, 15) is 9.59 Å². The molecule has 0 bridgehead atoms. The Morgan fingerprint density at radius 1 is 1.19 bits per heavy atom. The number of benzene rings is 1. The molecule has 1 aromatic carbocycles.